The Morgan fingerprint density at radius 2 is 2.04 bits per heavy atom. The molecule has 2 aliphatic rings. The molecule has 2 aromatic heterocycles. The number of hydrogen-bond acceptors (Lipinski definition) is 7. The van der Waals surface area contributed by atoms with E-state index in [0.29, 0.717) is 18.1 Å². The van der Waals surface area contributed by atoms with Gasteiger partial charge >= 0.3 is 0 Å². The lowest BCUT2D eigenvalue weighted by Crippen LogP contribution is -2.36. The summed E-state index contributed by atoms with van der Waals surface area (Å²) in [5.41, 5.74) is 1.76. The van der Waals surface area contributed by atoms with E-state index < -0.39 is 0 Å². The molecule has 9 heteroatoms. The summed E-state index contributed by atoms with van der Waals surface area (Å²) in [6.07, 6.45) is 4.51. The summed E-state index contributed by atoms with van der Waals surface area (Å²) < 4.78 is 0. The van der Waals surface area contributed by atoms with Crippen LogP contribution in [0.4, 0.5) is 10.9 Å². The van der Waals surface area contributed by atoms with Crippen molar-refractivity contribution in [2.24, 2.45) is 0 Å². The highest BCUT2D eigenvalue weighted by molar-refractivity contribution is 7.98. The topological polar surface area (TPSA) is 69.6 Å². The summed E-state index contributed by atoms with van der Waals surface area (Å²) in [5, 5.41) is 1.69. The van der Waals surface area contributed by atoms with Gasteiger partial charge in [-0.2, -0.15) is 0 Å². The first-order chi connectivity index (χ1) is 12.5. The molecule has 0 atom stereocenters. The SMILES string of the molecule is CSc1ccnc(N2CCc3c(sc4c3C(=O)N(C)CC(=O)N4C)C2)n1. The van der Waals surface area contributed by atoms with Crippen LogP contribution < -0.4 is 9.80 Å². The standard InChI is InChI=1S/C17H19N5O2S2/c1-20-9-13(23)21(2)16-14(15(20)24)10-5-7-22(8-11(10)26-16)17-18-6-4-12(19-17)25-3/h4,6H,5,7-9H2,1-3H3. The molecular formula is C17H19N5O2S2. The zero-order chi connectivity index (χ0) is 18.4. The molecule has 0 aromatic carbocycles. The lowest BCUT2D eigenvalue weighted by atomic mass is 10.0. The number of hydrogen-bond donors (Lipinski definition) is 0. The molecule has 0 spiro atoms. The Hall–Kier alpha value is -2.13. The number of anilines is 2. The monoisotopic (exact) mass is 389 g/mol. The van der Waals surface area contributed by atoms with Gasteiger partial charge in [-0.3, -0.25) is 9.59 Å². The second-order valence-corrected chi connectivity index (χ2v) is 8.28. The first-order valence-corrected chi connectivity index (χ1v) is 10.3. The third kappa shape index (κ3) is 2.75. The maximum atomic E-state index is 12.8. The van der Waals surface area contributed by atoms with E-state index in [2.05, 4.69) is 14.9 Å². The number of thiophene rings is 1. The average molecular weight is 390 g/mol. The largest absolute Gasteiger partial charge is 0.335 e. The quantitative estimate of drug-likeness (QED) is 0.577. The highest BCUT2D eigenvalue weighted by Gasteiger charge is 2.35. The Morgan fingerprint density at radius 3 is 2.81 bits per heavy atom. The molecule has 0 radical (unpaired) electrons. The zero-order valence-corrected chi connectivity index (χ0v) is 16.5. The fourth-order valence-electron chi connectivity index (χ4n) is 3.30. The summed E-state index contributed by atoms with van der Waals surface area (Å²) in [4.78, 5) is 40.5. The van der Waals surface area contributed by atoms with E-state index in [4.69, 9.17) is 0 Å². The lowest BCUT2D eigenvalue weighted by molar-refractivity contribution is -0.118. The van der Waals surface area contributed by atoms with Gasteiger partial charge in [-0.15, -0.1) is 23.1 Å². The van der Waals surface area contributed by atoms with Crippen molar-refractivity contribution in [3.05, 3.63) is 28.3 Å². The number of carbonyl (C=O) groups excluding carboxylic acids is 2. The van der Waals surface area contributed by atoms with Gasteiger partial charge in [0.15, 0.2) is 0 Å². The van der Waals surface area contributed by atoms with Gasteiger partial charge in [0, 0.05) is 31.7 Å². The average Bonchev–Trinajstić information content (AvgIpc) is 3.01. The summed E-state index contributed by atoms with van der Waals surface area (Å²) in [6.45, 7) is 1.53. The van der Waals surface area contributed by atoms with Crippen LogP contribution in [0.2, 0.25) is 0 Å². The van der Waals surface area contributed by atoms with E-state index in [1.165, 1.54) is 16.2 Å². The third-order valence-corrected chi connectivity index (χ3v) is 6.70. The van der Waals surface area contributed by atoms with Crippen LogP contribution in [-0.2, 0) is 17.8 Å². The Labute approximate surface area is 160 Å². The molecule has 0 saturated carbocycles. The van der Waals surface area contributed by atoms with Crippen molar-refractivity contribution in [2.45, 2.75) is 18.0 Å². The number of nitrogens with zero attached hydrogens (tertiary/aromatic N) is 5. The summed E-state index contributed by atoms with van der Waals surface area (Å²) in [5.74, 6) is 0.578. The molecule has 26 heavy (non-hydrogen) atoms. The molecule has 0 aliphatic carbocycles. The first-order valence-electron chi connectivity index (χ1n) is 8.28. The minimum Gasteiger partial charge on any atom is -0.335 e. The van der Waals surface area contributed by atoms with Crippen LogP contribution in [0.1, 0.15) is 20.8 Å². The second-order valence-electron chi connectivity index (χ2n) is 6.37. The first kappa shape index (κ1) is 17.3. The van der Waals surface area contributed by atoms with E-state index in [0.717, 1.165) is 33.4 Å². The summed E-state index contributed by atoms with van der Waals surface area (Å²) >= 11 is 3.12. The molecular weight excluding hydrogens is 370 g/mol. The lowest BCUT2D eigenvalue weighted by Gasteiger charge is -2.27. The predicted octanol–water partition coefficient (Wildman–Crippen LogP) is 1.87. The highest BCUT2D eigenvalue weighted by Crippen LogP contribution is 2.41. The van der Waals surface area contributed by atoms with Crippen molar-refractivity contribution < 1.29 is 9.59 Å². The van der Waals surface area contributed by atoms with Gasteiger partial charge in [0.05, 0.1) is 12.1 Å². The molecule has 0 saturated heterocycles. The molecule has 2 aromatic rings. The highest BCUT2D eigenvalue weighted by atomic mass is 32.2. The van der Waals surface area contributed by atoms with Crippen LogP contribution in [0.5, 0.6) is 0 Å². The van der Waals surface area contributed by atoms with Crippen molar-refractivity contribution in [3.8, 4) is 0 Å². The number of rotatable bonds is 2. The summed E-state index contributed by atoms with van der Waals surface area (Å²) in [7, 11) is 3.43. The van der Waals surface area contributed by atoms with Gasteiger partial charge in [-0.1, -0.05) is 0 Å². The van der Waals surface area contributed by atoms with E-state index >= 15 is 0 Å². The molecule has 0 N–H and O–H groups in total. The van der Waals surface area contributed by atoms with Gasteiger partial charge in [0.1, 0.15) is 16.6 Å². The molecule has 0 fully saturated rings. The van der Waals surface area contributed by atoms with Crippen LogP contribution in [0.15, 0.2) is 17.3 Å². The molecule has 136 valence electrons. The van der Waals surface area contributed by atoms with Crippen LogP contribution in [0.3, 0.4) is 0 Å². The number of amides is 2. The number of thioether (sulfide) groups is 1. The van der Waals surface area contributed by atoms with Crippen molar-refractivity contribution in [1.29, 1.82) is 0 Å². The number of fused-ring (bicyclic) bond motifs is 3. The smallest absolute Gasteiger partial charge is 0.257 e. The van der Waals surface area contributed by atoms with E-state index in [-0.39, 0.29) is 18.4 Å². The Bertz CT molecular complexity index is 897. The number of likely N-dealkylation sites (N-methyl/N-ethyl adjacent to an activating group) is 2. The molecule has 7 nitrogen and oxygen atoms in total. The molecule has 2 amide bonds. The van der Waals surface area contributed by atoms with Crippen molar-refractivity contribution >= 4 is 45.9 Å². The maximum Gasteiger partial charge on any atom is 0.257 e. The van der Waals surface area contributed by atoms with E-state index in [1.807, 2.05) is 12.3 Å². The second kappa shape index (κ2) is 6.55. The van der Waals surface area contributed by atoms with Gasteiger partial charge in [-0.05, 0) is 24.3 Å². The normalized spacial score (nSPS) is 17.3. The third-order valence-electron chi connectivity index (χ3n) is 4.76. The van der Waals surface area contributed by atoms with Crippen molar-refractivity contribution in [3.63, 3.8) is 0 Å². The van der Waals surface area contributed by atoms with Crippen LogP contribution in [0, 0.1) is 0 Å². The van der Waals surface area contributed by atoms with Crippen molar-refractivity contribution in [1.82, 2.24) is 14.9 Å². The maximum absolute atomic E-state index is 12.8. The molecule has 4 heterocycles. The van der Waals surface area contributed by atoms with Crippen molar-refractivity contribution in [2.75, 3.05) is 43.2 Å². The summed E-state index contributed by atoms with van der Waals surface area (Å²) in [6, 6.07) is 1.89. The predicted molar refractivity (Wildman–Crippen MR) is 103 cm³/mol. The zero-order valence-electron chi connectivity index (χ0n) is 14.9. The molecule has 2 aliphatic heterocycles. The van der Waals surface area contributed by atoms with E-state index in [1.54, 1.807) is 37.0 Å². The van der Waals surface area contributed by atoms with E-state index in [9.17, 15) is 9.59 Å². The Balaban J connectivity index is 1.71. The van der Waals surface area contributed by atoms with Crippen LogP contribution in [-0.4, -0.2) is 60.1 Å². The van der Waals surface area contributed by atoms with Gasteiger partial charge in [-0.25, -0.2) is 9.97 Å². The minimum atomic E-state index is -0.0655. The van der Waals surface area contributed by atoms with Crippen LogP contribution in [0.25, 0.3) is 0 Å². The molecule has 0 unspecified atom stereocenters. The Morgan fingerprint density at radius 1 is 1.23 bits per heavy atom. The van der Waals surface area contributed by atoms with Gasteiger partial charge in [0.2, 0.25) is 11.9 Å². The van der Waals surface area contributed by atoms with Gasteiger partial charge < -0.3 is 14.7 Å². The molecule has 4 rings (SSSR count). The molecule has 0 bridgehead atoms. The number of aromatic nitrogens is 2. The fourth-order valence-corrected chi connectivity index (χ4v) is 5.00. The Kier molecular flexibility index (Phi) is 4.36. The number of carbonyl (C=O) groups is 2. The fraction of sp³-hybridized carbons (Fsp3) is 0.412. The van der Waals surface area contributed by atoms with Gasteiger partial charge in [0.25, 0.3) is 5.91 Å². The minimum absolute atomic E-state index is 0.0638. The van der Waals surface area contributed by atoms with Crippen LogP contribution >= 0.6 is 23.1 Å².